The Morgan fingerprint density at radius 1 is 1.10 bits per heavy atom. The molecule has 29 heavy (non-hydrogen) atoms. The SMILES string of the molecule is COC(=O)c1ccc2c(c1)sc(=NC(=O)CS(=O)(=O)c1ccc(OC)cc1)n2C. The minimum absolute atomic E-state index is 0.0188. The summed E-state index contributed by atoms with van der Waals surface area (Å²) in [5, 5.41) is 0. The fourth-order valence-corrected chi connectivity index (χ4v) is 4.84. The van der Waals surface area contributed by atoms with Crippen LogP contribution >= 0.6 is 11.3 Å². The molecule has 0 saturated heterocycles. The molecule has 0 fully saturated rings. The molecule has 2 aromatic carbocycles. The second-order valence-electron chi connectivity index (χ2n) is 6.06. The predicted octanol–water partition coefficient (Wildman–Crippen LogP) is 1.94. The summed E-state index contributed by atoms with van der Waals surface area (Å²) in [6.45, 7) is 0. The van der Waals surface area contributed by atoms with Gasteiger partial charge in [-0.1, -0.05) is 11.3 Å². The fourth-order valence-electron chi connectivity index (χ4n) is 2.65. The molecule has 0 N–H and O–H groups in total. The summed E-state index contributed by atoms with van der Waals surface area (Å²) in [4.78, 5) is 28.3. The van der Waals surface area contributed by atoms with Crippen molar-refractivity contribution in [3.05, 3.63) is 52.8 Å². The van der Waals surface area contributed by atoms with Gasteiger partial charge in [-0.3, -0.25) is 4.79 Å². The van der Waals surface area contributed by atoms with E-state index in [1.807, 2.05) is 0 Å². The smallest absolute Gasteiger partial charge is 0.337 e. The number of aromatic nitrogens is 1. The Labute approximate surface area is 171 Å². The van der Waals surface area contributed by atoms with Crippen LogP contribution in [0.3, 0.4) is 0 Å². The van der Waals surface area contributed by atoms with Crippen LogP contribution in [-0.2, 0) is 26.4 Å². The second kappa shape index (κ2) is 8.18. The first-order valence-corrected chi connectivity index (χ1v) is 10.8. The molecular formula is C19H18N2O6S2. The molecule has 0 unspecified atom stereocenters. The van der Waals surface area contributed by atoms with Crippen molar-refractivity contribution < 1.29 is 27.5 Å². The number of carbonyl (C=O) groups is 2. The number of aryl methyl sites for hydroxylation is 1. The molecule has 0 aliphatic carbocycles. The van der Waals surface area contributed by atoms with Gasteiger partial charge in [-0.15, -0.1) is 0 Å². The van der Waals surface area contributed by atoms with E-state index in [2.05, 4.69) is 4.99 Å². The monoisotopic (exact) mass is 434 g/mol. The van der Waals surface area contributed by atoms with Crippen molar-refractivity contribution in [2.45, 2.75) is 4.90 Å². The third kappa shape index (κ3) is 4.38. The first-order chi connectivity index (χ1) is 13.7. The largest absolute Gasteiger partial charge is 0.497 e. The van der Waals surface area contributed by atoms with Crippen molar-refractivity contribution in [2.75, 3.05) is 20.0 Å². The molecule has 1 heterocycles. The van der Waals surface area contributed by atoms with Gasteiger partial charge in [-0.2, -0.15) is 4.99 Å². The zero-order valence-corrected chi connectivity index (χ0v) is 17.5. The highest BCUT2D eigenvalue weighted by Crippen LogP contribution is 2.19. The number of ether oxygens (including phenoxy) is 2. The number of esters is 1. The van der Waals surface area contributed by atoms with Crippen LogP contribution in [0.25, 0.3) is 10.2 Å². The molecule has 0 saturated carbocycles. The number of methoxy groups -OCH3 is 2. The minimum Gasteiger partial charge on any atom is -0.497 e. The fraction of sp³-hybridized carbons (Fsp3) is 0.211. The van der Waals surface area contributed by atoms with Crippen molar-refractivity contribution >= 4 is 43.3 Å². The molecule has 0 aliphatic rings. The van der Waals surface area contributed by atoms with Gasteiger partial charge in [0.1, 0.15) is 11.5 Å². The average Bonchev–Trinajstić information content (AvgIpc) is 3.01. The van der Waals surface area contributed by atoms with Crippen molar-refractivity contribution in [2.24, 2.45) is 12.0 Å². The molecular weight excluding hydrogens is 416 g/mol. The number of fused-ring (bicyclic) bond motifs is 1. The molecule has 1 amide bonds. The summed E-state index contributed by atoms with van der Waals surface area (Å²) in [7, 11) is 0.648. The summed E-state index contributed by atoms with van der Waals surface area (Å²) < 4.78 is 37.0. The zero-order chi connectivity index (χ0) is 21.2. The Kier molecular flexibility index (Phi) is 5.85. The van der Waals surface area contributed by atoms with Gasteiger partial charge in [0.05, 0.1) is 34.9 Å². The lowest BCUT2D eigenvalue weighted by atomic mass is 10.2. The first kappa shape index (κ1) is 20.7. The van der Waals surface area contributed by atoms with Gasteiger partial charge in [0.15, 0.2) is 14.6 Å². The first-order valence-electron chi connectivity index (χ1n) is 8.37. The van der Waals surface area contributed by atoms with Gasteiger partial charge in [0.25, 0.3) is 5.91 Å². The number of sulfone groups is 1. The number of hydrogen-bond acceptors (Lipinski definition) is 7. The zero-order valence-electron chi connectivity index (χ0n) is 15.9. The number of thiazole rings is 1. The molecule has 3 aromatic rings. The molecule has 0 atom stereocenters. The van der Waals surface area contributed by atoms with Gasteiger partial charge in [0, 0.05) is 7.05 Å². The lowest BCUT2D eigenvalue weighted by Gasteiger charge is -2.03. The van der Waals surface area contributed by atoms with Gasteiger partial charge in [0.2, 0.25) is 0 Å². The highest BCUT2D eigenvalue weighted by atomic mass is 32.2. The molecule has 152 valence electrons. The van der Waals surface area contributed by atoms with E-state index in [0.29, 0.717) is 16.1 Å². The van der Waals surface area contributed by atoms with Crippen LogP contribution in [0.1, 0.15) is 10.4 Å². The van der Waals surface area contributed by atoms with E-state index in [9.17, 15) is 18.0 Å². The Morgan fingerprint density at radius 2 is 1.79 bits per heavy atom. The van der Waals surface area contributed by atoms with Crippen LogP contribution < -0.4 is 9.54 Å². The highest BCUT2D eigenvalue weighted by Gasteiger charge is 2.19. The maximum atomic E-state index is 12.5. The number of rotatable bonds is 5. The van der Waals surface area contributed by atoms with Gasteiger partial charge in [-0.25, -0.2) is 13.2 Å². The Bertz CT molecular complexity index is 1250. The lowest BCUT2D eigenvalue weighted by Crippen LogP contribution is -2.19. The number of nitrogens with zero attached hydrogens (tertiary/aromatic N) is 2. The van der Waals surface area contributed by atoms with E-state index in [0.717, 1.165) is 10.2 Å². The molecule has 8 nitrogen and oxygen atoms in total. The van der Waals surface area contributed by atoms with Crippen LogP contribution in [0.4, 0.5) is 0 Å². The van der Waals surface area contributed by atoms with Crippen LogP contribution in [0.2, 0.25) is 0 Å². The molecule has 10 heteroatoms. The molecule has 3 rings (SSSR count). The van der Waals surface area contributed by atoms with E-state index in [1.54, 1.807) is 29.8 Å². The number of benzene rings is 2. The topological polar surface area (TPSA) is 104 Å². The van der Waals surface area contributed by atoms with Gasteiger partial charge < -0.3 is 14.0 Å². The summed E-state index contributed by atoms with van der Waals surface area (Å²) >= 11 is 1.18. The van der Waals surface area contributed by atoms with Crippen molar-refractivity contribution in [1.29, 1.82) is 0 Å². The number of hydrogen-bond donors (Lipinski definition) is 0. The van der Waals surface area contributed by atoms with Crippen LogP contribution in [-0.4, -0.2) is 44.8 Å². The third-order valence-electron chi connectivity index (χ3n) is 4.18. The van der Waals surface area contributed by atoms with Crippen molar-refractivity contribution in [3.8, 4) is 5.75 Å². The van der Waals surface area contributed by atoms with E-state index < -0.39 is 27.5 Å². The minimum atomic E-state index is -3.83. The molecule has 0 aliphatic heterocycles. The number of carbonyl (C=O) groups excluding carboxylic acids is 2. The maximum Gasteiger partial charge on any atom is 0.337 e. The van der Waals surface area contributed by atoms with E-state index in [1.165, 1.54) is 49.8 Å². The quantitative estimate of drug-likeness (QED) is 0.569. The Balaban J connectivity index is 1.90. The van der Waals surface area contributed by atoms with Crippen molar-refractivity contribution in [3.63, 3.8) is 0 Å². The highest BCUT2D eigenvalue weighted by molar-refractivity contribution is 7.92. The second-order valence-corrected chi connectivity index (χ2v) is 9.06. The molecule has 0 radical (unpaired) electrons. The predicted molar refractivity (Wildman–Crippen MR) is 108 cm³/mol. The van der Waals surface area contributed by atoms with E-state index >= 15 is 0 Å². The van der Waals surface area contributed by atoms with Crippen LogP contribution in [0.5, 0.6) is 5.75 Å². The summed E-state index contributed by atoms with van der Waals surface area (Å²) in [5.74, 6) is -1.48. The molecule has 1 aromatic heterocycles. The van der Waals surface area contributed by atoms with E-state index in [4.69, 9.17) is 9.47 Å². The van der Waals surface area contributed by atoms with Gasteiger partial charge in [-0.05, 0) is 42.5 Å². The lowest BCUT2D eigenvalue weighted by molar-refractivity contribution is -0.115. The summed E-state index contributed by atoms with van der Waals surface area (Å²) in [6.07, 6.45) is 0. The molecule has 0 spiro atoms. The maximum absolute atomic E-state index is 12.5. The normalized spacial score (nSPS) is 12.2. The van der Waals surface area contributed by atoms with E-state index in [-0.39, 0.29) is 4.90 Å². The third-order valence-corrected chi connectivity index (χ3v) is 6.89. The summed E-state index contributed by atoms with van der Waals surface area (Å²) in [6, 6.07) is 10.8. The van der Waals surface area contributed by atoms with Crippen LogP contribution in [0, 0.1) is 0 Å². The Hall–Kier alpha value is -2.98. The number of amides is 1. The summed E-state index contributed by atoms with van der Waals surface area (Å²) in [5.41, 5.74) is 1.13. The standard InChI is InChI=1S/C19H18N2O6S2/c1-21-15-9-4-12(18(23)27-3)10-16(15)28-19(21)20-17(22)11-29(24,25)14-7-5-13(26-2)6-8-14/h4-10H,11H2,1-3H3. The Morgan fingerprint density at radius 3 is 2.41 bits per heavy atom. The van der Waals surface area contributed by atoms with Crippen LogP contribution in [0.15, 0.2) is 52.4 Å². The molecule has 0 bridgehead atoms. The van der Waals surface area contributed by atoms with Crippen molar-refractivity contribution in [1.82, 2.24) is 4.57 Å². The average molecular weight is 434 g/mol. The van der Waals surface area contributed by atoms with Gasteiger partial charge >= 0.3 is 5.97 Å².